The first-order chi connectivity index (χ1) is 15.5. The van der Waals surface area contributed by atoms with Gasteiger partial charge in [0.2, 0.25) is 0 Å². The fraction of sp³-hybridized carbons (Fsp3) is 0.304. The third kappa shape index (κ3) is 4.20. The molecule has 0 radical (unpaired) electrons. The van der Waals surface area contributed by atoms with E-state index in [1.54, 1.807) is 37.0 Å². The number of hydrogen-bond donors (Lipinski definition) is 1. The molecule has 0 saturated heterocycles. The molecule has 0 bridgehead atoms. The first-order valence-electron chi connectivity index (χ1n) is 10.3. The minimum absolute atomic E-state index is 0.0617. The Labute approximate surface area is 188 Å². The van der Waals surface area contributed by atoms with Crippen LogP contribution in [0.4, 0.5) is 13.2 Å². The number of hydrogen-bond acceptors (Lipinski definition) is 4. The molecule has 0 fully saturated rings. The summed E-state index contributed by atoms with van der Waals surface area (Å²) < 4.78 is 43.9. The number of carbonyl (C=O) groups is 1. The van der Waals surface area contributed by atoms with Crippen molar-refractivity contribution in [3.05, 3.63) is 70.3 Å². The van der Waals surface area contributed by atoms with Crippen molar-refractivity contribution < 1.29 is 18.0 Å². The van der Waals surface area contributed by atoms with Crippen LogP contribution in [0, 0.1) is 20.8 Å². The van der Waals surface area contributed by atoms with Gasteiger partial charge in [-0.1, -0.05) is 12.1 Å². The number of benzene rings is 1. The lowest BCUT2D eigenvalue weighted by Crippen LogP contribution is -2.27. The largest absolute Gasteiger partial charge is 0.433 e. The molecule has 0 aliphatic rings. The van der Waals surface area contributed by atoms with Crippen molar-refractivity contribution >= 4 is 11.6 Å². The van der Waals surface area contributed by atoms with Crippen molar-refractivity contribution in [1.29, 1.82) is 0 Å². The third-order valence-corrected chi connectivity index (χ3v) is 5.84. The van der Waals surface area contributed by atoms with E-state index in [1.165, 1.54) is 6.07 Å². The standard InChI is InChI=1S/C23H23F3N6O/c1-12-6-7-16(8-13(12)2)18-9-20(23(24,25)26)32-21(29-18)10-19(30-32)22(33)28-14(3)17-11-27-31(5)15(17)4/h6-11,14H,1-5H3,(H,28,33). The maximum Gasteiger partial charge on any atom is 0.433 e. The highest BCUT2D eigenvalue weighted by molar-refractivity contribution is 5.93. The van der Waals surface area contributed by atoms with Gasteiger partial charge in [-0.05, 0) is 51.0 Å². The summed E-state index contributed by atoms with van der Waals surface area (Å²) in [5.41, 5.74) is 3.14. The first kappa shape index (κ1) is 22.5. The molecule has 7 nitrogen and oxygen atoms in total. The molecular weight excluding hydrogens is 433 g/mol. The summed E-state index contributed by atoms with van der Waals surface area (Å²) in [5, 5.41) is 10.8. The molecule has 0 aliphatic heterocycles. The van der Waals surface area contributed by atoms with E-state index in [0.29, 0.717) is 10.1 Å². The van der Waals surface area contributed by atoms with Crippen LogP contribution in [0.3, 0.4) is 0 Å². The lowest BCUT2D eigenvalue weighted by Gasteiger charge is -2.13. The van der Waals surface area contributed by atoms with Crippen LogP contribution >= 0.6 is 0 Å². The summed E-state index contributed by atoms with van der Waals surface area (Å²) in [7, 11) is 1.78. The second kappa shape index (κ2) is 8.02. The van der Waals surface area contributed by atoms with Crippen LogP contribution in [0.25, 0.3) is 16.9 Å². The van der Waals surface area contributed by atoms with Crippen molar-refractivity contribution in [2.45, 2.75) is 39.9 Å². The minimum Gasteiger partial charge on any atom is -0.344 e. The molecule has 1 unspecified atom stereocenters. The van der Waals surface area contributed by atoms with E-state index in [4.69, 9.17) is 0 Å². The van der Waals surface area contributed by atoms with Crippen LogP contribution in [0.15, 0.2) is 36.5 Å². The number of alkyl halides is 3. The van der Waals surface area contributed by atoms with Crippen LogP contribution in [0.5, 0.6) is 0 Å². The number of aromatic nitrogens is 5. The van der Waals surface area contributed by atoms with E-state index >= 15 is 0 Å². The molecule has 0 saturated carbocycles. The van der Waals surface area contributed by atoms with Gasteiger partial charge in [0.25, 0.3) is 5.91 Å². The number of rotatable bonds is 4. The Morgan fingerprint density at radius 2 is 1.82 bits per heavy atom. The normalized spacial score (nSPS) is 12.8. The quantitative estimate of drug-likeness (QED) is 0.488. The number of aryl methyl sites for hydroxylation is 3. The summed E-state index contributed by atoms with van der Waals surface area (Å²) in [4.78, 5) is 17.1. The van der Waals surface area contributed by atoms with Crippen LogP contribution < -0.4 is 5.32 Å². The Balaban J connectivity index is 1.74. The van der Waals surface area contributed by atoms with Gasteiger partial charge in [-0.15, -0.1) is 0 Å². The number of fused-ring (bicyclic) bond motifs is 1. The molecule has 0 spiro atoms. The molecule has 1 atom stereocenters. The fourth-order valence-electron chi connectivity index (χ4n) is 3.63. The Kier molecular flexibility index (Phi) is 5.47. The van der Waals surface area contributed by atoms with Gasteiger partial charge in [-0.25, -0.2) is 9.50 Å². The maximum absolute atomic E-state index is 13.8. The molecule has 1 N–H and O–H groups in total. The van der Waals surface area contributed by atoms with E-state index in [1.807, 2.05) is 26.8 Å². The molecule has 0 aliphatic carbocycles. The van der Waals surface area contributed by atoms with E-state index in [0.717, 1.165) is 28.5 Å². The van der Waals surface area contributed by atoms with Gasteiger partial charge in [-0.3, -0.25) is 9.48 Å². The Hall–Kier alpha value is -3.69. The zero-order valence-electron chi connectivity index (χ0n) is 18.8. The van der Waals surface area contributed by atoms with E-state index in [-0.39, 0.29) is 17.0 Å². The summed E-state index contributed by atoms with van der Waals surface area (Å²) in [6.07, 6.45) is -3.04. The van der Waals surface area contributed by atoms with Crippen LogP contribution in [-0.4, -0.2) is 30.3 Å². The molecule has 1 aromatic carbocycles. The predicted molar refractivity (Wildman–Crippen MR) is 117 cm³/mol. The number of halogens is 3. The number of nitrogens with one attached hydrogen (secondary N) is 1. The van der Waals surface area contributed by atoms with Crippen molar-refractivity contribution in [1.82, 2.24) is 29.7 Å². The Morgan fingerprint density at radius 3 is 2.42 bits per heavy atom. The fourth-order valence-corrected chi connectivity index (χ4v) is 3.63. The Bertz CT molecular complexity index is 1370. The number of amides is 1. The monoisotopic (exact) mass is 456 g/mol. The third-order valence-electron chi connectivity index (χ3n) is 5.84. The molecule has 1 amide bonds. The van der Waals surface area contributed by atoms with Crippen molar-refractivity contribution in [2.24, 2.45) is 7.05 Å². The second-order valence-electron chi connectivity index (χ2n) is 8.13. The molecule has 3 aromatic heterocycles. The predicted octanol–water partition coefficient (Wildman–Crippen LogP) is 4.56. The van der Waals surface area contributed by atoms with Gasteiger partial charge in [-0.2, -0.15) is 23.4 Å². The molecule has 4 aromatic rings. The minimum atomic E-state index is -4.68. The lowest BCUT2D eigenvalue weighted by molar-refractivity contribution is -0.142. The second-order valence-corrected chi connectivity index (χ2v) is 8.13. The van der Waals surface area contributed by atoms with Crippen molar-refractivity contribution in [3.8, 4) is 11.3 Å². The van der Waals surface area contributed by atoms with Gasteiger partial charge < -0.3 is 5.32 Å². The molecule has 4 rings (SSSR count). The van der Waals surface area contributed by atoms with E-state index in [2.05, 4.69) is 20.5 Å². The topological polar surface area (TPSA) is 77.1 Å². The Morgan fingerprint density at radius 1 is 1.09 bits per heavy atom. The van der Waals surface area contributed by atoms with Gasteiger partial charge in [0, 0.05) is 29.9 Å². The number of nitrogens with zero attached hydrogens (tertiary/aromatic N) is 5. The van der Waals surface area contributed by atoms with E-state index in [9.17, 15) is 18.0 Å². The zero-order chi connectivity index (χ0) is 24.1. The zero-order valence-corrected chi connectivity index (χ0v) is 18.8. The van der Waals surface area contributed by atoms with Crippen LogP contribution in [0.2, 0.25) is 0 Å². The smallest absolute Gasteiger partial charge is 0.344 e. The highest BCUT2D eigenvalue weighted by Gasteiger charge is 2.35. The van der Waals surface area contributed by atoms with Gasteiger partial charge in [0.15, 0.2) is 17.0 Å². The average molecular weight is 456 g/mol. The first-order valence-corrected chi connectivity index (χ1v) is 10.3. The maximum atomic E-state index is 13.8. The summed E-state index contributed by atoms with van der Waals surface area (Å²) >= 11 is 0. The number of carbonyl (C=O) groups excluding carboxylic acids is 1. The summed E-state index contributed by atoms with van der Waals surface area (Å²) in [6.45, 7) is 7.44. The van der Waals surface area contributed by atoms with Crippen molar-refractivity contribution in [3.63, 3.8) is 0 Å². The van der Waals surface area contributed by atoms with Gasteiger partial charge in [0.1, 0.15) is 0 Å². The van der Waals surface area contributed by atoms with Gasteiger partial charge >= 0.3 is 6.18 Å². The van der Waals surface area contributed by atoms with Crippen molar-refractivity contribution in [2.75, 3.05) is 0 Å². The van der Waals surface area contributed by atoms with Gasteiger partial charge in [0.05, 0.1) is 17.9 Å². The highest BCUT2D eigenvalue weighted by Crippen LogP contribution is 2.33. The summed E-state index contributed by atoms with van der Waals surface area (Å²) in [6, 6.07) is 7.16. The highest BCUT2D eigenvalue weighted by atomic mass is 19.4. The lowest BCUT2D eigenvalue weighted by atomic mass is 10.0. The molecule has 172 valence electrons. The molecular formula is C23H23F3N6O. The molecule has 3 heterocycles. The SMILES string of the molecule is Cc1ccc(-c2cc(C(F)(F)F)n3nc(C(=O)NC(C)c4cnn(C)c4C)cc3n2)cc1C. The average Bonchev–Trinajstić information content (AvgIpc) is 3.32. The van der Waals surface area contributed by atoms with Crippen LogP contribution in [-0.2, 0) is 13.2 Å². The van der Waals surface area contributed by atoms with E-state index < -0.39 is 23.8 Å². The van der Waals surface area contributed by atoms with Crippen LogP contribution in [0.1, 0.15) is 51.5 Å². The summed E-state index contributed by atoms with van der Waals surface area (Å²) in [5.74, 6) is -0.600. The molecule has 10 heteroatoms. The molecule has 33 heavy (non-hydrogen) atoms.